The molecular weight excluding hydrogens is 298 g/mol. The zero-order valence-corrected chi connectivity index (χ0v) is 14.8. The molecule has 0 radical (unpaired) electrons. The first-order chi connectivity index (χ1) is 11.7. The highest BCUT2D eigenvalue weighted by atomic mass is 16.3. The molecule has 0 aromatic carbocycles. The van der Waals surface area contributed by atoms with Crippen molar-refractivity contribution in [2.75, 3.05) is 6.54 Å². The Hall–Kier alpha value is -2.23. The third-order valence-electron chi connectivity index (χ3n) is 2.98. The predicted molar refractivity (Wildman–Crippen MR) is 101 cm³/mol. The Balaban J connectivity index is 3.85. The Bertz CT molecular complexity index is 536. The minimum Gasteiger partial charge on any atom is -0.389 e. The van der Waals surface area contributed by atoms with Gasteiger partial charge in [-0.2, -0.15) is 0 Å². The molecule has 0 bridgehead atoms. The number of nitrogens with one attached hydrogen (secondary N) is 1. The summed E-state index contributed by atoms with van der Waals surface area (Å²) in [6, 6.07) is 0. The van der Waals surface area contributed by atoms with Crippen LogP contribution in [0.1, 0.15) is 52.4 Å². The molecule has 0 aliphatic carbocycles. The highest BCUT2D eigenvalue weighted by Gasteiger charge is 1.97. The molecule has 0 saturated heterocycles. The maximum absolute atomic E-state index is 11.4. The number of rotatable bonds is 10. The molecule has 3 heteroatoms. The van der Waals surface area contributed by atoms with Crippen molar-refractivity contribution in [3.05, 3.63) is 36.5 Å². The third-order valence-corrected chi connectivity index (χ3v) is 2.98. The van der Waals surface area contributed by atoms with Crippen LogP contribution in [0.25, 0.3) is 0 Å². The van der Waals surface area contributed by atoms with Gasteiger partial charge < -0.3 is 10.4 Å². The molecule has 1 atom stereocenters. The van der Waals surface area contributed by atoms with Crippen LogP contribution in [0.15, 0.2) is 36.5 Å². The number of carbonyl (C=O) groups excluding carboxylic acids is 1. The highest BCUT2D eigenvalue weighted by Crippen LogP contribution is 1.97. The molecule has 0 rings (SSSR count). The Labute approximate surface area is 146 Å². The lowest BCUT2D eigenvalue weighted by atomic mass is 10.2. The van der Waals surface area contributed by atoms with Crippen LogP contribution < -0.4 is 5.32 Å². The maximum Gasteiger partial charge on any atom is 0.220 e. The van der Waals surface area contributed by atoms with E-state index < -0.39 is 0 Å². The first kappa shape index (κ1) is 21.8. The summed E-state index contributed by atoms with van der Waals surface area (Å²) in [5, 5.41) is 12.3. The number of aliphatic hydroxyl groups is 1. The smallest absolute Gasteiger partial charge is 0.220 e. The topological polar surface area (TPSA) is 49.3 Å². The second kappa shape index (κ2) is 17.1. The fourth-order valence-electron chi connectivity index (χ4n) is 1.67. The van der Waals surface area contributed by atoms with Gasteiger partial charge in [0.15, 0.2) is 0 Å². The van der Waals surface area contributed by atoms with E-state index in [-0.39, 0.29) is 12.0 Å². The molecule has 0 saturated carbocycles. The monoisotopic (exact) mass is 327 g/mol. The lowest BCUT2D eigenvalue weighted by molar-refractivity contribution is -0.120. The molecule has 24 heavy (non-hydrogen) atoms. The second-order valence-electron chi connectivity index (χ2n) is 5.26. The minimum absolute atomic E-state index is 0.0489. The molecule has 0 fully saturated rings. The van der Waals surface area contributed by atoms with Crippen LogP contribution in [0.4, 0.5) is 0 Å². The Kier molecular flexibility index (Phi) is 15.5. The second-order valence-corrected chi connectivity index (χ2v) is 5.26. The average Bonchev–Trinajstić information content (AvgIpc) is 2.56. The molecular formula is C21H29NO2. The average molecular weight is 327 g/mol. The van der Waals surface area contributed by atoms with Crippen molar-refractivity contribution in [2.45, 2.75) is 58.5 Å². The van der Waals surface area contributed by atoms with Gasteiger partial charge in [0, 0.05) is 19.4 Å². The van der Waals surface area contributed by atoms with E-state index in [1.54, 1.807) is 12.2 Å². The number of unbranched alkanes of at least 4 members (excludes halogenated alkanes) is 1. The van der Waals surface area contributed by atoms with Gasteiger partial charge in [0.05, 0.1) is 6.10 Å². The summed E-state index contributed by atoms with van der Waals surface area (Å²) < 4.78 is 0. The summed E-state index contributed by atoms with van der Waals surface area (Å²) in [5.74, 6) is 11.2. The summed E-state index contributed by atoms with van der Waals surface area (Å²) in [5.41, 5.74) is 0. The number of carbonyl (C=O) groups is 1. The molecule has 2 N–H and O–H groups in total. The molecule has 0 aromatic heterocycles. The summed E-state index contributed by atoms with van der Waals surface area (Å²) in [6.45, 7) is 4.88. The zero-order chi connectivity index (χ0) is 17.9. The molecule has 130 valence electrons. The normalized spacial score (nSPS) is 12.0. The summed E-state index contributed by atoms with van der Waals surface area (Å²) in [4.78, 5) is 11.4. The molecule has 3 nitrogen and oxygen atoms in total. The van der Waals surface area contributed by atoms with Crippen molar-refractivity contribution < 1.29 is 9.90 Å². The first-order valence-corrected chi connectivity index (χ1v) is 8.63. The highest BCUT2D eigenvalue weighted by molar-refractivity contribution is 5.76. The van der Waals surface area contributed by atoms with Crippen molar-refractivity contribution in [1.82, 2.24) is 5.32 Å². The molecule has 0 unspecified atom stereocenters. The number of aliphatic hydroxyl groups excluding tert-OH is 1. The van der Waals surface area contributed by atoms with Crippen molar-refractivity contribution in [1.29, 1.82) is 0 Å². The first-order valence-electron chi connectivity index (χ1n) is 8.63. The van der Waals surface area contributed by atoms with E-state index in [4.69, 9.17) is 0 Å². The van der Waals surface area contributed by atoms with E-state index in [1.165, 1.54) is 0 Å². The number of allylic oxidation sites excluding steroid dienone is 5. The van der Waals surface area contributed by atoms with Crippen LogP contribution in [0.5, 0.6) is 0 Å². The molecule has 0 aliphatic heterocycles. The number of hydrogen-bond acceptors (Lipinski definition) is 2. The van der Waals surface area contributed by atoms with Crippen LogP contribution in [0.3, 0.4) is 0 Å². The van der Waals surface area contributed by atoms with Crippen LogP contribution in [0, 0.1) is 23.7 Å². The van der Waals surface area contributed by atoms with E-state index in [1.807, 2.05) is 31.2 Å². The van der Waals surface area contributed by atoms with Gasteiger partial charge in [0.25, 0.3) is 0 Å². The van der Waals surface area contributed by atoms with Crippen molar-refractivity contribution >= 4 is 5.91 Å². The molecule has 0 spiro atoms. The summed E-state index contributed by atoms with van der Waals surface area (Å²) in [7, 11) is 0. The van der Waals surface area contributed by atoms with Crippen LogP contribution in [-0.4, -0.2) is 23.7 Å². The largest absolute Gasteiger partial charge is 0.389 e. The maximum atomic E-state index is 11.4. The molecule has 1 amide bonds. The van der Waals surface area contributed by atoms with Crippen LogP contribution in [-0.2, 0) is 4.79 Å². The Morgan fingerprint density at radius 2 is 1.92 bits per heavy atom. The van der Waals surface area contributed by atoms with Gasteiger partial charge in [-0.1, -0.05) is 68.9 Å². The SMILES string of the molecule is CCCCNC(=O)CCC#CC#C/C=C/C=C/C=C/[C@H](O)CCC. The van der Waals surface area contributed by atoms with Crippen molar-refractivity contribution in [3.8, 4) is 23.7 Å². The van der Waals surface area contributed by atoms with Gasteiger partial charge >= 0.3 is 0 Å². The number of amides is 1. The molecule has 0 aromatic rings. The molecule has 0 heterocycles. The third kappa shape index (κ3) is 16.1. The Morgan fingerprint density at radius 3 is 2.67 bits per heavy atom. The van der Waals surface area contributed by atoms with E-state index in [0.717, 1.165) is 32.2 Å². The van der Waals surface area contributed by atoms with E-state index in [9.17, 15) is 9.90 Å². The molecule has 0 aliphatic rings. The Morgan fingerprint density at radius 1 is 1.12 bits per heavy atom. The van der Waals surface area contributed by atoms with E-state index in [0.29, 0.717) is 12.8 Å². The van der Waals surface area contributed by atoms with Crippen LogP contribution >= 0.6 is 0 Å². The standard InChI is InChI=1S/C21H29NO2/c1-3-5-19-22-21(24)18-15-13-11-9-7-6-8-10-12-14-17-20(23)16-4-2/h6,8,10,12,14,17,20,23H,3-5,15-16,18-19H2,1-2H3,(H,22,24)/b8-6+,12-10+,17-14+/t20-/m1/s1. The van der Waals surface area contributed by atoms with Gasteiger partial charge in [-0.05, 0) is 30.8 Å². The van der Waals surface area contributed by atoms with Gasteiger partial charge in [0.1, 0.15) is 0 Å². The van der Waals surface area contributed by atoms with Crippen LogP contribution in [0.2, 0.25) is 0 Å². The quantitative estimate of drug-likeness (QED) is 0.366. The van der Waals surface area contributed by atoms with Crippen molar-refractivity contribution in [3.63, 3.8) is 0 Å². The minimum atomic E-state index is -0.368. The fraction of sp³-hybridized carbons (Fsp3) is 0.476. The zero-order valence-electron chi connectivity index (χ0n) is 14.8. The van der Waals surface area contributed by atoms with Gasteiger partial charge in [0.2, 0.25) is 5.91 Å². The number of hydrogen-bond donors (Lipinski definition) is 2. The van der Waals surface area contributed by atoms with Gasteiger partial charge in [-0.15, -0.1) is 0 Å². The lowest BCUT2D eigenvalue weighted by Gasteiger charge is -2.00. The summed E-state index contributed by atoms with van der Waals surface area (Å²) >= 11 is 0. The summed E-state index contributed by atoms with van der Waals surface area (Å²) in [6.07, 6.45) is 15.2. The van der Waals surface area contributed by atoms with E-state index >= 15 is 0 Å². The van der Waals surface area contributed by atoms with E-state index in [2.05, 4.69) is 35.9 Å². The van der Waals surface area contributed by atoms with Gasteiger partial charge in [-0.25, -0.2) is 0 Å². The van der Waals surface area contributed by atoms with Crippen molar-refractivity contribution in [2.24, 2.45) is 0 Å². The van der Waals surface area contributed by atoms with Gasteiger partial charge in [-0.3, -0.25) is 4.79 Å². The fourth-order valence-corrected chi connectivity index (χ4v) is 1.67. The lowest BCUT2D eigenvalue weighted by Crippen LogP contribution is -2.23. The predicted octanol–water partition coefficient (Wildman–Crippen LogP) is 3.52.